The highest BCUT2D eigenvalue weighted by molar-refractivity contribution is 6.10. The molecule has 1 aliphatic carbocycles. The van der Waals surface area contributed by atoms with E-state index in [-0.39, 0.29) is 5.69 Å². The van der Waals surface area contributed by atoms with Crippen LogP contribution in [0.25, 0.3) is 0 Å². The largest absolute Gasteiger partial charge is 0.714 e. The zero-order chi connectivity index (χ0) is 14.3. The van der Waals surface area contributed by atoms with Gasteiger partial charge in [0.1, 0.15) is 0 Å². The van der Waals surface area contributed by atoms with Crippen molar-refractivity contribution in [3.05, 3.63) is 45.2 Å². The maximum atomic E-state index is 12.5. The van der Waals surface area contributed by atoms with Crippen molar-refractivity contribution in [2.24, 2.45) is 4.99 Å². The second kappa shape index (κ2) is 4.40. The van der Waals surface area contributed by atoms with Gasteiger partial charge >= 0.3 is 5.84 Å². The minimum absolute atomic E-state index is 0.0149. The number of fused-ring (bicyclic) bond motifs is 1. The van der Waals surface area contributed by atoms with Crippen LogP contribution in [0.15, 0.2) is 29.3 Å². The maximum absolute atomic E-state index is 12.5. The summed E-state index contributed by atoms with van der Waals surface area (Å²) in [5, 5.41) is 23.2. The quantitative estimate of drug-likeness (QED) is 0.359. The number of benzene rings is 1. The van der Waals surface area contributed by atoms with Gasteiger partial charge in [-0.25, -0.2) is 0 Å². The van der Waals surface area contributed by atoms with Gasteiger partial charge in [-0.3, -0.25) is 14.9 Å². The molecule has 6 nitrogen and oxygen atoms in total. The Morgan fingerprint density at radius 1 is 1.30 bits per heavy atom. The number of nitro groups is 1. The van der Waals surface area contributed by atoms with Crippen LogP contribution < -0.4 is 0 Å². The van der Waals surface area contributed by atoms with Gasteiger partial charge in [-0.2, -0.15) is 0 Å². The smallest absolute Gasteiger partial charge is 0.329 e. The standard InChI is InChI=1S/C14H15N3O3/c1-14-9-3-2-4-12(14)15-13(16(14)18)10-5-7-11(8-6-10)17(19)20/h5-8H,2-4,9H2,1H3/t14-/m1/s1. The molecule has 1 atom stereocenters. The third-order valence-corrected chi connectivity index (χ3v) is 4.17. The van der Waals surface area contributed by atoms with Crippen LogP contribution >= 0.6 is 0 Å². The second-order valence-electron chi connectivity index (χ2n) is 5.46. The predicted octanol–water partition coefficient (Wildman–Crippen LogP) is 2.64. The molecule has 104 valence electrons. The Morgan fingerprint density at radius 3 is 2.60 bits per heavy atom. The second-order valence-corrected chi connectivity index (χ2v) is 5.46. The monoisotopic (exact) mass is 273 g/mol. The first kappa shape index (κ1) is 12.8. The summed E-state index contributed by atoms with van der Waals surface area (Å²) in [7, 11) is 0. The Hall–Kier alpha value is -2.24. The van der Waals surface area contributed by atoms with Crippen molar-refractivity contribution in [3.8, 4) is 0 Å². The summed E-state index contributed by atoms with van der Waals surface area (Å²) >= 11 is 0. The zero-order valence-electron chi connectivity index (χ0n) is 11.2. The molecule has 0 N–H and O–H groups in total. The molecule has 1 aromatic rings. The molecule has 0 unspecified atom stereocenters. The minimum Gasteiger partial charge on any atom is -0.714 e. The van der Waals surface area contributed by atoms with Crippen molar-refractivity contribution < 1.29 is 9.66 Å². The molecule has 1 fully saturated rings. The zero-order valence-corrected chi connectivity index (χ0v) is 11.2. The Bertz CT molecular complexity index is 634. The van der Waals surface area contributed by atoms with Gasteiger partial charge in [0, 0.05) is 18.6 Å². The molecule has 0 aromatic heterocycles. The molecule has 1 saturated carbocycles. The van der Waals surface area contributed by atoms with E-state index in [1.165, 1.54) is 12.1 Å². The van der Waals surface area contributed by atoms with Crippen LogP contribution in [0.4, 0.5) is 5.69 Å². The number of hydrogen-bond donors (Lipinski definition) is 0. The summed E-state index contributed by atoms with van der Waals surface area (Å²) in [5.41, 5.74) is 1.05. The molecule has 1 aromatic carbocycles. The average molecular weight is 273 g/mol. The molecular formula is C14H15N3O3. The molecule has 1 heterocycles. The fourth-order valence-electron chi connectivity index (χ4n) is 2.89. The summed E-state index contributed by atoms with van der Waals surface area (Å²) < 4.78 is 0.975. The van der Waals surface area contributed by atoms with E-state index in [0.717, 1.165) is 36.1 Å². The van der Waals surface area contributed by atoms with Crippen molar-refractivity contribution in [1.82, 2.24) is 0 Å². The molecular weight excluding hydrogens is 258 g/mol. The van der Waals surface area contributed by atoms with Crippen molar-refractivity contribution >= 4 is 17.2 Å². The molecule has 0 bridgehead atoms. The lowest BCUT2D eigenvalue weighted by atomic mass is 9.82. The highest BCUT2D eigenvalue weighted by Gasteiger charge is 2.47. The van der Waals surface area contributed by atoms with E-state index < -0.39 is 10.5 Å². The third-order valence-electron chi connectivity index (χ3n) is 4.17. The number of hydrogen-bond acceptors (Lipinski definition) is 4. The van der Waals surface area contributed by atoms with E-state index in [1.807, 2.05) is 6.92 Å². The molecule has 3 rings (SSSR count). The van der Waals surface area contributed by atoms with Crippen LogP contribution in [0.3, 0.4) is 0 Å². The molecule has 0 spiro atoms. The first-order valence-corrected chi connectivity index (χ1v) is 6.69. The Morgan fingerprint density at radius 2 is 2.00 bits per heavy atom. The van der Waals surface area contributed by atoms with Crippen molar-refractivity contribution in [1.29, 1.82) is 0 Å². The van der Waals surface area contributed by atoms with Gasteiger partial charge in [-0.05, 0) is 43.3 Å². The van der Waals surface area contributed by atoms with Crippen molar-refractivity contribution in [2.45, 2.75) is 38.1 Å². The van der Waals surface area contributed by atoms with Gasteiger partial charge in [-0.15, -0.1) is 0 Å². The van der Waals surface area contributed by atoms with Crippen LogP contribution in [0.1, 0.15) is 38.2 Å². The van der Waals surface area contributed by atoms with Crippen LogP contribution in [-0.2, 0) is 0 Å². The van der Waals surface area contributed by atoms with E-state index in [1.54, 1.807) is 12.1 Å². The molecule has 0 amide bonds. The topological polar surface area (TPSA) is 81.6 Å². The predicted molar refractivity (Wildman–Crippen MR) is 75.1 cm³/mol. The first-order chi connectivity index (χ1) is 9.52. The lowest BCUT2D eigenvalue weighted by Crippen LogP contribution is -2.44. The van der Waals surface area contributed by atoms with E-state index in [0.29, 0.717) is 11.4 Å². The molecule has 0 saturated heterocycles. The summed E-state index contributed by atoms with van der Waals surface area (Å²) in [6, 6.07) is 5.98. The molecule has 6 heteroatoms. The summed E-state index contributed by atoms with van der Waals surface area (Å²) in [5.74, 6) is 0.374. The van der Waals surface area contributed by atoms with Gasteiger partial charge in [-0.1, -0.05) is 0 Å². The van der Waals surface area contributed by atoms with Crippen LogP contribution in [0.5, 0.6) is 0 Å². The van der Waals surface area contributed by atoms with Crippen molar-refractivity contribution in [2.75, 3.05) is 0 Å². The number of amidine groups is 1. The molecule has 0 radical (unpaired) electrons. The summed E-state index contributed by atoms with van der Waals surface area (Å²) in [6.45, 7) is 1.93. The average Bonchev–Trinajstić information content (AvgIpc) is 2.72. The molecule has 20 heavy (non-hydrogen) atoms. The summed E-state index contributed by atoms with van der Waals surface area (Å²) in [6.07, 6.45) is 3.76. The number of nitrogens with zero attached hydrogens (tertiary/aromatic N) is 3. The van der Waals surface area contributed by atoms with Crippen LogP contribution in [0.2, 0.25) is 0 Å². The maximum Gasteiger partial charge on any atom is 0.329 e. The first-order valence-electron chi connectivity index (χ1n) is 6.69. The Labute approximate surface area is 116 Å². The lowest BCUT2D eigenvalue weighted by Gasteiger charge is -2.31. The lowest BCUT2D eigenvalue weighted by molar-refractivity contribution is -0.520. The number of hydroxylamine groups is 1. The SMILES string of the molecule is C[C@@]12CCCCC1=NC(c1ccc([N+](=O)[O-])cc1)=[N+]2[O-]. The van der Waals surface area contributed by atoms with E-state index in [9.17, 15) is 15.3 Å². The Kier molecular flexibility index (Phi) is 2.81. The number of non-ortho nitro benzene ring substituents is 1. The normalized spacial score (nSPS) is 25.4. The van der Waals surface area contributed by atoms with Crippen LogP contribution in [0, 0.1) is 15.3 Å². The highest BCUT2D eigenvalue weighted by atomic mass is 16.6. The van der Waals surface area contributed by atoms with Crippen LogP contribution in [-0.4, -0.2) is 26.7 Å². The van der Waals surface area contributed by atoms with E-state index in [2.05, 4.69) is 4.99 Å². The minimum atomic E-state index is -0.532. The molecule has 1 aliphatic heterocycles. The van der Waals surface area contributed by atoms with Gasteiger partial charge in [0.15, 0.2) is 11.3 Å². The number of rotatable bonds is 2. The molecule has 2 aliphatic rings. The van der Waals surface area contributed by atoms with Gasteiger partial charge in [0.2, 0.25) is 0 Å². The number of nitro benzene ring substituents is 1. The fourth-order valence-corrected chi connectivity index (χ4v) is 2.89. The van der Waals surface area contributed by atoms with Gasteiger partial charge in [0.25, 0.3) is 5.69 Å². The van der Waals surface area contributed by atoms with Gasteiger partial charge in [0.05, 0.1) is 10.5 Å². The fraction of sp³-hybridized carbons (Fsp3) is 0.429. The number of aliphatic imine (C=N–C) groups is 1. The van der Waals surface area contributed by atoms with E-state index >= 15 is 0 Å². The van der Waals surface area contributed by atoms with E-state index in [4.69, 9.17) is 0 Å². The Balaban J connectivity index is 2.01. The van der Waals surface area contributed by atoms with Gasteiger partial charge < -0.3 is 5.21 Å². The third kappa shape index (κ3) is 1.79. The highest BCUT2D eigenvalue weighted by Crippen LogP contribution is 2.33. The van der Waals surface area contributed by atoms with Crippen molar-refractivity contribution in [3.63, 3.8) is 0 Å². The summed E-state index contributed by atoms with van der Waals surface area (Å²) in [4.78, 5) is 14.7.